The average molecular weight is 397 g/mol. The normalized spacial score (nSPS) is 14.7. The Morgan fingerprint density at radius 1 is 1.32 bits per heavy atom. The predicted molar refractivity (Wildman–Crippen MR) is 108 cm³/mol. The van der Waals surface area contributed by atoms with Gasteiger partial charge in [0.05, 0.1) is 23.4 Å². The SMILES string of the molecule is CCc1cc2c(=O)n(C(C)C(=O)c3ccc4c(c3)N(C)C(=O)CO4)cnc2s1. The van der Waals surface area contributed by atoms with E-state index in [4.69, 9.17) is 4.74 Å². The smallest absolute Gasteiger partial charge is 0.264 e. The van der Waals surface area contributed by atoms with Gasteiger partial charge in [-0.3, -0.25) is 19.0 Å². The van der Waals surface area contributed by atoms with Gasteiger partial charge in [0, 0.05) is 17.5 Å². The first kappa shape index (κ1) is 18.4. The number of aromatic nitrogens is 2. The number of ether oxygens (including phenoxy) is 1. The van der Waals surface area contributed by atoms with Crippen LogP contribution in [0.15, 0.2) is 35.4 Å². The molecule has 28 heavy (non-hydrogen) atoms. The summed E-state index contributed by atoms with van der Waals surface area (Å²) in [6, 6.07) is 6.08. The van der Waals surface area contributed by atoms with Gasteiger partial charge >= 0.3 is 0 Å². The average Bonchev–Trinajstić information content (AvgIpc) is 3.14. The van der Waals surface area contributed by atoms with Crippen molar-refractivity contribution in [1.82, 2.24) is 9.55 Å². The number of hydrogen-bond donors (Lipinski definition) is 0. The molecule has 0 N–H and O–H groups in total. The van der Waals surface area contributed by atoms with Crippen molar-refractivity contribution in [3.8, 4) is 5.75 Å². The zero-order chi connectivity index (χ0) is 20.0. The standard InChI is InChI=1S/C20H19N3O4S/c1-4-13-8-14-19(28-13)21-10-23(20(14)26)11(2)18(25)12-5-6-16-15(7-12)22(3)17(24)9-27-16/h5-8,10-11H,4,9H2,1-3H3. The van der Waals surface area contributed by atoms with Gasteiger partial charge in [-0.2, -0.15) is 0 Å². The lowest BCUT2D eigenvalue weighted by atomic mass is 10.0. The van der Waals surface area contributed by atoms with Gasteiger partial charge in [0.25, 0.3) is 11.5 Å². The zero-order valence-electron chi connectivity index (χ0n) is 15.8. The third-order valence-corrected chi connectivity index (χ3v) is 6.19. The molecule has 0 saturated carbocycles. The molecule has 2 aromatic heterocycles. The third kappa shape index (κ3) is 2.90. The van der Waals surface area contributed by atoms with E-state index in [9.17, 15) is 14.4 Å². The number of anilines is 1. The molecule has 1 aliphatic rings. The number of amides is 1. The van der Waals surface area contributed by atoms with Crippen molar-refractivity contribution in [3.63, 3.8) is 0 Å². The third-order valence-electron chi connectivity index (χ3n) is 5.00. The zero-order valence-corrected chi connectivity index (χ0v) is 16.6. The highest BCUT2D eigenvalue weighted by Crippen LogP contribution is 2.33. The minimum absolute atomic E-state index is 0.0192. The minimum atomic E-state index is -0.724. The minimum Gasteiger partial charge on any atom is -0.482 e. The summed E-state index contributed by atoms with van der Waals surface area (Å²) in [5.74, 6) is 0.139. The molecule has 8 heteroatoms. The largest absolute Gasteiger partial charge is 0.482 e. The Bertz CT molecular complexity index is 1160. The number of carbonyl (C=O) groups is 2. The summed E-state index contributed by atoms with van der Waals surface area (Å²) in [6.45, 7) is 3.68. The molecule has 0 bridgehead atoms. The van der Waals surface area contributed by atoms with Crippen LogP contribution in [0, 0.1) is 0 Å². The van der Waals surface area contributed by atoms with Crippen LogP contribution in [-0.4, -0.2) is 34.9 Å². The molecule has 0 fully saturated rings. The number of rotatable bonds is 4. The van der Waals surface area contributed by atoms with Crippen molar-refractivity contribution >= 4 is 38.9 Å². The molecule has 4 rings (SSSR count). The second-order valence-corrected chi connectivity index (χ2v) is 7.82. The molecule has 0 radical (unpaired) electrons. The number of likely N-dealkylation sites (N-methyl/N-ethyl adjacent to an activating group) is 1. The van der Waals surface area contributed by atoms with Crippen LogP contribution in [0.3, 0.4) is 0 Å². The molecule has 1 aromatic carbocycles. The summed E-state index contributed by atoms with van der Waals surface area (Å²) in [4.78, 5) is 45.4. The van der Waals surface area contributed by atoms with Gasteiger partial charge in [-0.15, -0.1) is 11.3 Å². The van der Waals surface area contributed by atoms with Crippen LogP contribution >= 0.6 is 11.3 Å². The predicted octanol–water partition coefficient (Wildman–Crippen LogP) is 2.82. The molecule has 1 aliphatic heterocycles. The Morgan fingerprint density at radius 3 is 2.86 bits per heavy atom. The molecule has 0 saturated heterocycles. The fourth-order valence-electron chi connectivity index (χ4n) is 3.23. The number of nitrogens with zero attached hydrogens (tertiary/aromatic N) is 3. The molecule has 7 nitrogen and oxygen atoms in total. The summed E-state index contributed by atoms with van der Waals surface area (Å²) in [7, 11) is 1.64. The summed E-state index contributed by atoms with van der Waals surface area (Å²) >= 11 is 1.49. The van der Waals surface area contributed by atoms with Crippen LogP contribution in [-0.2, 0) is 11.2 Å². The Hall–Kier alpha value is -3.00. The molecule has 3 heterocycles. The molecule has 1 atom stereocenters. The lowest BCUT2D eigenvalue weighted by molar-refractivity contribution is -0.120. The number of ketones is 1. The maximum Gasteiger partial charge on any atom is 0.264 e. The van der Waals surface area contributed by atoms with Crippen molar-refractivity contribution < 1.29 is 14.3 Å². The number of Topliss-reactive ketones (excluding diaryl/α,β-unsaturated/α-hetero) is 1. The summed E-state index contributed by atoms with van der Waals surface area (Å²) in [5, 5.41) is 0.535. The van der Waals surface area contributed by atoms with Crippen LogP contribution in [0.5, 0.6) is 5.75 Å². The second-order valence-electron chi connectivity index (χ2n) is 6.71. The van der Waals surface area contributed by atoms with Crippen LogP contribution in [0.1, 0.15) is 35.1 Å². The lowest BCUT2D eigenvalue weighted by Crippen LogP contribution is -2.35. The second kappa shape index (κ2) is 6.87. The van der Waals surface area contributed by atoms with Gasteiger partial charge in [-0.1, -0.05) is 6.92 Å². The molecular weight excluding hydrogens is 378 g/mol. The maximum atomic E-state index is 13.0. The summed E-state index contributed by atoms with van der Waals surface area (Å²) in [6.07, 6.45) is 2.26. The van der Waals surface area contributed by atoms with Gasteiger partial charge in [0.2, 0.25) is 0 Å². The quantitative estimate of drug-likeness (QED) is 0.633. The maximum absolute atomic E-state index is 13.0. The van der Waals surface area contributed by atoms with E-state index in [0.29, 0.717) is 27.2 Å². The van der Waals surface area contributed by atoms with Crippen LogP contribution < -0.4 is 15.2 Å². The van der Waals surface area contributed by atoms with E-state index in [2.05, 4.69) is 4.98 Å². The number of aryl methyl sites for hydroxylation is 1. The van der Waals surface area contributed by atoms with Crippen molar-refractivity contribution in [2.45, 2.75) is 26.3 Å². The molecular formula is C20H19N3O4S. The first-order chi connectivity index (χ1) is 13.4. The fourth-order valence-corrected chi connectivity index (χ4v) is 4.16. The summed E-state index contributed by atoms with van der Waals surface area (Å²) in [5.41, 5.74) is 0.721. The van der Waals surface area contributed by atoms with Crippen LogP contribution in [0.25, 0.3) is 10.2 Å². The first-order valence-corrected chi connectivity index (χ1v) is 9.79. The van der Waals surface area contributed by atoms with Crippen molar-refractivity contribution in [3.05, 3.63) is 51.4 Å². The molecule has 144 valence electrons. The first-order valence-electron chi connectivity index (χ1n) is 8.98. The van der Waals surface area contributed by atoms with E-state index in [-0.39, 0.29) is 23.9 Å². The van der Waals surface area contributed by atoms with E-state index in [1.807, 2.05) is 13.0 Å². The fraction of sp³-hybridized carbons (Fsp3) is 0.300. The molecule has 1 unspecified atom stereocenters. The lowest BCUT2D eigenvalue weighted by Gasteiger charge is -2.26. The number of hydrogen-bond acceptors (Lipinski definition) is 6. The van der Waals surface area contributed by atoms with E-state index in [1.165, 1.54) is 27.1 Å². The van der Waals surface area contributed by atoms with E-state index >= 15 is 0 Å². The monoisotopic (exact) mass is 397 g/mol. The Balaban J connectivity index is 1.71. The van der Waals surface area contributed by atoms with Crippen LogP contribution in [0.2, 0.25) is 0 Å². The van der Waals surface area contributed by atoms with Crippen LogP contribution in [0.4, 0.5) is 5.69 Å². The highest BCUT2D eigenvalue weighted by atomic mass is 32.1. The Labute approximate surface area is 165 Å². The number of benzene rings is 1. The molecule has 3 aromatic rings. The Morgan fingerprint density at radius 2 is 2.11 bits per heavy atom. The Kier molecular flexibility index (Phi) is 4.50. The highest BCUT2D eigenvalue weighted by molar-refractivity contribution is 7.18. The number of fused-ring (bicyclic) bond motifs is 2. The van der Waals surface area contributed by atoms with Gasteiger partial charge in [0.1, 0.15) is 10.6 Å². The number of thiophene rings is 1. The van der Waals surface area contributed by atoms with Crippen molar-refractivity contribution in [1.29, 1.82) is 0 Å². The topological polar surface area (TPSA) is 81.5 Å². The van der Waals surface area contributed by atoms with E-state index in [1.54, 1.807) is 32.2 Å². The van der Waals surface area contributed by atoms with Crippen molar-refractivity contribution in [2.75, 3.05) is 18.6 Å². The van der Waals surface area contributed by atoms with Gasteiger partial charge in [-0.05, 0) is 37.6 Å². The van der Waals surface area contributed by atoms with Gasteiger partial charge in [-0.25, -0.2) is 4.98 Å². The molecule has 0 spiro atoms. The van der Waals surface area contributed by atoms with E-state index < -0.39 is 6.04 Å². The summed E-state index contributed by atoms with van der Waals surface area (Å²) < 4.78 is 6.76. The highest BCUT2D eigenvalue weighted by Gasteiger charge is 2.26. The molecule has 1 amide bonds. The van der Waals surface area contributed by atoms with E-state index in [0.717, 1.165) is 11.3 Å². The van der Waals surface area contributed by atoms with Gasteiger partial charge < -0.3 is 9.64 Å². The number of carbonyl (C=O) groups excluding carboxylic acids is 2. The van der Waals surface area contributed by atoms with Crippen molar-refractivity contribution in [2.24, 2.45) is 0 Å². The molecule has 0 aliphatic carbocycles. The van der Waals surface area contributed by atoms with Gasteiger partial charge in [0.15, 0.2) is 12.4 Å².